The molecule has 0 aromatic carbocycles. The smallest absolute Gasteiger partial charge is 0.321 e. The van der Waals surface area contributed by atoms with Crippen LogP contribution < -0.4 is 11.5 Å². The number of thioether (sulfide) groups is 2. The Balaban J connectivity index is 1.11. The molecule has 89 heavy (non-hydrogen) atoms. The monoisotopic (exact) mass is 1340 g/mol. The maximum absolute atomic E-state index is 11.7. The molecule has 0 radical (unpaired) electrons. The van der Waals surface area contributed by atoms with Crippen LogP contribution in [0.5, 0.6) is 0 Å². The van der Waals surface area contributed by atoms with Gasteiger partial charge in [0.2, 0.25) is 0 Å². The molecule has 21 fully saturated rings. The lowest BCUT2D eigenvalue weighted by Crippen LogP contribution is -2.68. The number of aliphatic carboxylic acids is 2. The molecule has 21 aliphatic heterocycles. The van der Waals surface area contributed by atoms with Gasteiger partial charge in [-0.1, -0.05) is 0 Å². The highest BCUT2D eigenvalue weighted by Gasteiger charge is 2.60. The molecule has 0 aromatic rings. The molecule has 21 rings (SSSR count). The molecule has 25 N–H and O–H groups in total. The van der Waals surface area contributed by atoms with Gasteiger partial charge in [0, 0.05) is 23.0 Å². The minimum atomic E-state index is -2.27. The molecule has 14 bridgehead atoms. The molecule has 0 aliphatic carbocycles. The zero-order valence-corrected chi connectivity index (χ0v) is 48.3. The summed E-state index contributed by atoms with van der Waals surface area (Å²) in [5.74, 6) is -4.26. The lowest BCUT2D eigenvalue weighted by Gasteiger charge is -2.50. The number of aliphatic hydroxyl groups excluding tert-OH is 19. The van der Waals surface area contributed by atoms with Crippen molar-refractivity contribution in [3.8, 4) is 0 Å². The Kier molecular flexibility index (Phi) is 26.2. The third kappa shape index (κ3) is 15.9. The van der Waals surface area contributed by atoms with Crippen LogP contribution in [0.2, 0.25) is 0 Å². The van der Waals surface area contributed by atoms with Gasteiger partial charge in [-0.15, -0.1) is 0 Å². The van der Waals surface area contributed by atoms with Gasteiger partial charge in [0.05, 0.1) is 45.2 Å². The Bertz CT molecular complexity index is 2200. The molecule has 37 atom stereocenters. The minimum absolute atomic E-state index is 0.319. The molecule has 39 nitrogen and oxygen atoms in total. The quantitative estimate of drug-likeness (QED) is 0.0724. The van der Waals surface area contributed by atoms with Gasteiger partial charge in [0.25, 0.3) is 0 Å². The van der Waals surface area contributed by atoms with Gasteiger partial charge in [-0.05, 0) is 0 Å². The third-order valence-corrected chi connectivity index (χ3v) is 18.5. The maximum Gasteiger partial charge on any atom is 0.321 e. The van der Waals surface area contributed by atoms with E-state index in [4.69, 9.17) is 77.8 Å². The van der Waals surface area contributed by atoms with Crippen molar-refractivity contribution in [2.24, 2.45) is 11.5 Å². The Hall–Kier alpha value is -1.76. The zero-order chi connectivity index (χ0) is 65.2. The summed E-state index contributed by atoms with van der Waals surface area (Å²) in [5.41, 5.74) is 11.4. The molecule has 0 spiro atoms. The van der Waals surface area contributed by atoms with Crippen molar-refractivity contribution in [2.75, 3.05) is 56.0 Å². The van der Waals surface area contributed by atoms with Crippen LogP contribution in [0.25, 0.3) is 0 Å². The van der Waals surface area contributed by atoms with Crippen molar-refractivity contribution >= 4 is 35.5 Å². The largest absolute Gasteiger partial charge is 0.480 e. The van der Waals surface area contributed by atoms with Gasteiger partial charge in [0.15, 0.2) is 44.0 Å². The van der Waals surface area contributed by atoms with Crippen molar-refractivity contribution in [1.29, 1.82) is 0 Å². The second-order valence-corrected chi connectivity index (χ2v) is 24.4. The fraction of sp³-hybridized carbons (Fsp3) is 0.958. The van der Waals surface area contributed by atoms with Crippen LogP contribution in [0, 0.1) is 0 Å². The number of carboxylic acid groups (broad SMARTS) is 2. The predicted octanol–water partition coefficient (Wildman–Crippen LogP) is -14.9. The second kappa shape index (κ2) is 31.9. The number of carboxylic acids is 2. The lowest BCUT2D eigenvalue weighted by molar-refractivity contribution is -0.395. The number of ether oxygens (including phenoxy) is 14. The van der Waals surface area contributed by atoms with Gasteiger partial charge >= 0.3 is 11.9 Å². The summed E-state index contributed by atoms with van der Waals surface area (Å²) in [6.07, 6.45) is -71.4. The molecule has 21 aliphatic rings. The van der Waals surface area contributed by atoms with E-state index in [0.29, 0.717) is 0 Å². The molecule has 0 amide bonds. The topological polar surface area (TPSA) is 640 Å². The lowest BCUT2D eigenvalue weighted by atomic mass is 9.95. The fourth-order valence-electron chi connectivity index (χ4n) is 11.2. The van der Waals surface area contributed by atoms with Crippen LogP contribution in [0.3, 0.4) is 0 Å². The van der Waals surface area contributed by atoms with Crippen LogP contribution in [-0.2, 0) is 75.9 Å². The highest BCUT2D eigenvalue weighted by molar-refractivity contribution is 7.99. The fourth-order valence-corrected chi connectivity index (χ4v) is 13.2. The van der Waals surface area contributed by atoms with E-state index in [2.05, 4.69) is 0 Å². The number of nitrogens with two attached hydrogens (primary N) is 2. The number of aliphatic hydroxyl groups is 19. The van der Waals surface area contributed by atoms with Crippen molar-refractivity contribution in [2.45, 2.75) is 227 Å². The van der Waals surface area contributed by atoms with Crippen LogP contribution in [0.15, 0.2) is 0 Å². The number of hydrogen-bond donors (Lipinski definition) is 23. The molecule has 41 heteroatoms. The molecule has 0 aromatic heterocycles. The molecule has 21 heterocycles. The summed E-state index contributed by atoms with van der Waals surface area (Å²) in [4.78, 5) is 23.2. The highest BCUT2D eigenvalue weighted by atomic mass is 32.2. The van der Waals surface area contributed by atoms with E-state index in [1.807, 2.05) is 0 Å². The molecule has 0 saturated carbocycles. The van der Waals surface area contributed by atoms with E-state index in [-0.39, 0.29) is 11.5 Å². The normalized spacial score (nSPS) is 50.1. The predicted molar refractivity (Wildman–Crippen MR) is 280 cm³/mol. The Morgan fingerprint density at radius 2 is 0.438 bits per heavy atom. The van der Waals surface area contributed by atoms with E-state index in [1.165, 1.54) is 0 Å². The third-order valence-electron chi connectivity index (χ3n) is 16.2. The van der Waals surface area contributed by atoms with Crippen LogP contribution >= 0.6 is 23.5 Å². The SMILES string of the molecule is N[C@H](CSCC1O[C@H]2O[C@@H]3C(CO)O[C@H](O[C@@H]4C(CO)O[C@H](O[C@@H]5C(CO)O[C@@H](O[C@H]6C(CSC[C@@H](N)C(=O)O)O[C@H](O[C@@H]7C(CO)O[C@@H](O[C@@H]8C(CO)O[C@@H](O[C@H]1C(O)[C@@H]2O)[C@@H](O)C8O)[C@@H](O)C7O)C(O)[C@H]6O)C(O)[C@H]5O)[C@@H](O)C4O)[C@@H](O)C3O)C(=O)O. The summed E-state index contributed by atoms with van der Waals surface area (Å²) < 4.78 is 81.6. The molecular formula is C48H80N2O37S2. The maximum atomic E-state index is 11.7. The van der Waals surface area contributed by atoms with Crippen LogP contribution in [-0.4, -0.2) is 402 Å². The average molecular weight is 1340 g/mol. The van der Waals surface area contributed by atoms with E-state index >= 15 is 0 Å². The van der Waals surface area contributed by atoms with Crippen molar-refractivity contribution < 1.29 is 183 Å². The van der Waals surface area contributed by atoms with E-state index in [1.54, 1.807) is 0 Å². The van der Waals surface area contributed by atoms with Gasteiger partial charge < -0.3 is 185 Å². The number of rotatable bonds is 15. The van der Waals surface area contributed by atoms with Crippen LogP contribution in [0.1, 0.15) is 0 Å². The first kappa shape index (κ1) is 73.1. The first-order chi connectivity index (χ1) is 42.2. The van der Waals surface area contributed by atoms with E-state index in [0.717, 1.165) is 23.5 Å². The Labute approximate surface area is 511 Å². The van der Waals surface area contributed by atoms with Gasteiger partial charge in [-0.2, -0.15) is 23.5 Å². The van der Waals surface area contributed by atoms with Gasteiger partial charge in [-0.3, -0.25) is 9.59 Å². The molecule has 14 unspecified atom stereocenters. The average Bonchev–Trinajstić information content (AvgIpc) is 0.884. The van der Waals surface area contributed by atoms with E-state index < -0.39 is 284 Å². The highest BCUT2D eigenvalue weighted by Crippen LogP contribution is 2.40. The zero-order valence-electron chi connectivity index (χ0n) is 46.6. The minimum Gasteiger partial charge on any atom is -0.480 e. The van der Waals surface area contributed by atoms with Crippen molar-refractivity contribution in [3.05, 3.63) is 0 Å². The first-order valence-electron chi connectivity index (χ1n) is 28.1. The molecular weight excluding hydrogens is 1260 g/mol. The Morgan fingerprint density at radius 3 is 0.596 bits per heavy atom. The number of hydrogen-bond acceptors (Lipinski definition) is 39. The summed E-state index contributed by atoms with van der Waals surface area (Å²) in [6, 6.07) is -2.94. The summed E-state index contributed by atoms with van der Waals surface area (Å²) in [5, 5.41) is 233. The van der Waals surface area contributed by atoms with E-state index in [9.17, 15) is 117 Å². The van der Waals surface area contributed by atoms with Gasteiger partial charge in [0.1, 0.15) is 171 Å². The summed E-state index contributed by atoms with van der Waals surface area (Å²) >= 11 is 1.60. The summed E-state index contributed by atoms with van der Waals surface area (Å²) in [7, 11) is 0. The molecule has 21 saturated heterocycles. The molecule has 516 valence electrons. The van der Waals surface area contributed by atoms with Crippen LogP contribution in [0.4, 0.5) is 0 Å². The standard InChI is InChI=1S/C48H80N2O37S2/c49-10(40(70)71)6-88-8-17-38-25(62)32(69)48(80-17)85-37-16(5-55)76-44(28(65)21(37)58)83-35-14(3-53)78-46(30(67)23(35)60)87-39-18(9-89-7-11(50)41(72)73)79-47(31(68)24(39)61)84-36-15(4-54)75-43(27(64)20(36)57)81-33-12(1-51)74-42(26(63)19(33)56)82-34-13(2-52)77-45(86-38)29(66)22(34)59/h10-39,42-48,51-69H,1-9,49-50H2,(H,70,71)(H,72,73)/t10-,11-,12?,13?,14?,15?,16?,17?,18?,19?,20?,21?,22-,23?,24?,25-,26+,27+,28+,29?,30+,31+,32?,33-,34-,35-,36-,37-,38+,39-,42-,43-,44+,45+,46+,47+,48-/m1/s1. The van der Waals surface area contributed by atoms with Crippen molar-refractivity contribution in [3.63, 3.8) is 0 Å². The van der Waals surface area contributed by atoms with Gasteiger partial charge in [-0.25, -0.2) is 0 Å². The number of carbonyl (C=O) groups is 2. The Morgan fingerprint density at radius 1 is 0.281 bits per heavy atom. The first-order valence-corrected chi connectivity index (χ1v) is 30.4. The summed E-state index contributed by atoms with van der Waals surface area (Å²) in [6.45, 7) is -5.43. The van der Waals surface area contributed by atoms with Crippen molar-refractivity contribution in [1.82, 2.24) is 0 Å². The second-order valence-electron chi connectivity index (χ2n) is 22.3.